The molecule has 0 aliphatic heterocycles. The van der Waals surface area contributed by atoms with Crippen molar-refractivity contribution in [1.29, 1.82) is 0 Å². The zero-order chi connectivity index (χ0) is 28.1. The van der Waals surface area contributed by atoms with E-state index in [0.29, 0.717) is 11.3 Å². The number of carbonyl (C=O) groups excluding carboxylic acids is 1. The maximum atomic E-state index is 13.4. The first-order valence-electron chi connectivity index (χ1n) is 15.4. The van der Waals surface area contributed by atoms with E-state index >= 15 is 0 Å². The number of rotatable bonds is 6. The molecule has 8 atom stereocenters. The van der Waals surface area contributed by atoms with Gasteiger partial charge in [0.05, 0.1) is 4.92 Å². The minimum absolute atomic E-state index is 0. The molecular weight excluding hydrogens is 490 g/mol. The van der Waals surface area contributed by atoms with Crippen LogP contribution in [0.2, 0.25) is 0 Å². The minimum atomic E-state index is -0.457. The summed E-state index contributed by atoms with van der Waals surface area (Å²) in [5.41, 5.74) is 0.460. The molecule has 7 nitrogen and oxygen atoms in total. The number of hydrogen-bond donors (Lipinski definition) is 0. The lowest BCUT2D eigenvalue weighted by atomic mass is 9.44. The first-order valence-corrected chi connectivity index (χ1v) is 15.4. The molecule has 4 aliphatic carbocycles. The number of methoxy groups -OCH3 is 1. The highest BCUT2D eigenvalue weighted by Crippen LogP contribution is 2.67. The molecule has 0 bridgehead atoms. The SMILES string of the molecule is C.CC.CCC.COCC1CCC2(C)C(CCC3C2CCC2(C)C(C(=O)Cn4cc([N+](=O)[O-])cn4)CCC32)C1. The van der Waals surface area contributed by atoms with Gasteiger partial charge in [-0.1, -0.05) is 55.4 Å². The quantitative estimate of drug-likeness (QED) is 0.264. The van der Waals surface area contributed by atoms with Crippen LogP contribution in [0.4, 0.5) is 5.69 Å². The molecule has 0 aromatic carbocycles. The average molecular weight is 548 g/mol. The predicted molar refractivity (Wildman–Crippen MR) is 159 cm³/mol. The van der Waals surface area contributed by atoms with Gasteiger partial charge in [-0.25, -0.2) is 0 Å². The van der Waals surface area contributed by atoms with Crippen molar-refractivity contribution in [3.05, 3.63) is 22.5 Å². The Bertz CT molecular complexity index is 932. The normalized spacial score (nSPS) is 36.4. The fraction of sp³-hybridized carbons (Fsp3) is 0.875. The summed E-state index contributed by atoms with van der Waals surface area (Å²) in [6, 6.07) is 0. The van der Waals surface area contributed by atoms with Crippen LogP contribution in [-0.4, -0.2) is 34.2 Å². The summed E-state index contributed by atoms with van der Waals surface area (Å²) in [5, 5.41) is 15.0. The summed E-state index contributed by atoms with van der Waals surface area (Å²) >= 11 is 0. The van der Waals surface area contributed by atoms with Crippen LogP contribution in [0.3, 0.4) is 0 Å². The molecule has 7 heteroatoms. The van der Waals surface area contributed by atoms with Crippen LogP contribution in [-0.2, 0) is 16.1 Å². The largest absolute Gasteiger partial charge is 0.384 e. The van der Waals surface area contributed by atoms with Crippen molar-refractivity contribution in [3.8, 4) is 0 Å². The second-order valence-electron chi connectivity index (χ2n) is 12.8. The highest BCUT2D eigenvalue weighted by molar-refractivity contribution is 5.82. The molecule has 4 aliphatic rings. The summed E-state index contributed by atoms with van der Waals surface area (Å²) in [6.45, 7) is 14.3. The molecular formula is C32H57N3O4. The third kappa shape index (κ3) is 6.60. The fourth-order valence-corrected chi connectivity index (χ4v) is 9.07. The first-order chi connectivity index (χ1) is 18.2. The van der Waals surface area contributed by atoms with E-state index < -0.39 is 4.92 Å². The zero-order valence-electron chi connectivity index (χ0n) is 25.1. The molecule has 4 saturated carbocycles. The van der Waals surface area contributed by atoms with Crippen LogP contribution in [0.5, 0.6) is 0 Å². The maximum absolute atomic E-state index is 13.4. The summed E-state index contributed by atoms with van der Waals surface area (Å²) in [6.07, 6.45) is 15.0. The van der Waals surface area contributed by atoms with Crippen molar-refractivity contribution in [2.75, 3.05) is 13.7 Å². The van der Waals surface area contributed by atoms with E-state index in [0.717, 1.165) is 49.5 Å². The summed E-state index contributed by atoms with van der Waals surface area (Å²) in [5.74, 6) is 3.97. The molecule has 1 heterocycles. The van der Waals surface area contributed by atoms with E-state index in [9.17, 15) is 14.9 Å². The molecule has 1 aromatic rings. The number of ketones is 1. The Morgan fingerprint density at radius 2 is 1.72 bits per heavy atom. The highest BCUT2D eigenvalue weighted by atomic mass is 16.6. The lowest BCUT2D eigenvalue weighted by molar-refractivity contribution is -0.385. The number of aromatic nitrogens is 2. The zero-order valence-corrected chi connectivity index (χ0v) is 25.1. The Morgan fingerprint density at radius 1 is 1.08 bits per heavy atom. The monoisotopic (exact) mass is 547 g/mol. The van der Waals surface area contributed by atoms with Gasteiger partial charge < -0.3 is 4.74 Å². The Hall–Kier alpha value is -1.76. The Labute approximate surface area is 238 Å². The molecule has 5 rings (SSSR count). The van der Waals surface area contributed by atoms with Gasteiger partial charge >= 0.3 is 5.69 Å². The van der Waals surface area contributed by atoms with Gasteiger partial charge in [-0.15, -0.1) is 0 Å². The van der Waals surface area contributed by atoms with Crippen molar-refractivity contribution in [2.45, 2.75) is 120 Å². The number of carbonyl (C=O) groups is 1. The number of hydrogen-bond acceptors (Lipinski definition) is 5. The maximum Gasteiger partial charge on any atom is 0.307 e. The average Bonchev–Trinajstić information content (AvgIpc) is 3.50. The standard InChI is InChI=1S/C26H39N3O4.C3H8.C2H6.CH4/c1-25-10-8-17(16-33-3)12-18(25)4-5-20-21-6-7-23(26(21,2)11-9-22(20)25)24(30)15-28-14-19(13-27-28)29(31)32;1-3-2;1-2;/h13-14,17-18,20-23H,4-12,15-16H2,1-3H3;3H2,1-2H3;1-2H3;1H4. The van der Waals surface area contributed by atoms with Crippen molar-refractivity contribution in [2.24, 2.45) is 46.3 Å². The van der Waals surface area contributed by atoms with Crippen molar-refractivity contribution < 1.29 is 14.5 Å². The highest BCUT2D eigenvalue weighted by Gasteiger charge is 2.61. The van der Waals surface area contributed by atoms with Gasteiger partial charge in [0.1, 0.15) is 18.9 Å². The van der Waals surface area contributed by atoms with E-state index in [1.807, 2.05) is 21.0 Å². The number of Topliss-reactive ketones (excluding diaryl/α,β-unsaturated/α-hetero) is 1. The van der Waals surface area contributed by atoms with Crippen LogP contribution in [0.15, 0.2) is 12.4 Å². The lowest BCUT2D eigenvalue weighted by Crippen LogP contribution is -2.54. The molecule has 1 aromatic heterocycles. The molecule has 0 spiro atoms. The smallest absolute Gasteiger partial charge is 0.307 e. The second kappa shape index (κ2) is 14.2. The van der Waals surface area contributed by atoms with Crippen LogP contribution < -0.4 is 0 Å². The van der Waals surface area contributed by atoms with Gasteiger partial charge in [0.25, 0.3) is 0 Å². The van der Waals surface area contributed by atoms with E-state index in [-0.39, 0.29) is 36.8 Å². The van der Waals surface area contributed by atoms with Gasteiger partial charge in [0.2, 0.25) is 0 Å². The van der Waals surface area contributed by atoms with Crippen molar-refractivity contribution >= 4 is 11.5 Å². The molecule has 39 heavy (non-hydrogen) atoms. The Kier molecular flexibility index (Phi) is 12.2. The first kappa shape index (κ1) is 33.4. The molecule has 8 unspecified atom stereocenters. The van der Waals surface area contributed by atoms with E-state index in [1.54, 1.807) is 0 Å². The third-order valence-corrected chi connectivity index (χ3v) is 10.7. The molecule has 4 fully saturated rings. The van der Waals surface area contributed by atoms with E-state index in [1.165, 1.54) is 62.0 Å². The molecule has 0 saturated heterocycles. The lowest BCUT2D eigenvalue weighted by Gasteiger charge is -2.61. The molecule has 0 radical (unpaired) electrons. The van der Waals surface area contributed by atoms with Crippen LogP contribution in [0, 0.1) is 56.5 Å². The van der Waals surface area contributed by atoms with Crippen LogP contribution in [0.1, 0.15) is 113 Å². The summed E-state index contributed by atoms with van der Waals surface area (Å²) in [7, 11) is 1.83. The van der Waals surface area contributed by atoms with E-state index in [2.05, 4.69) is 32.8 Å². The van der Waals surface area contributed by atoms with Crippen LogP contribution in [0.25, 0.3) is 0 Å². The van der Waals surface area contributed by atoms with Gasteiger partial charge in [-0.05, 0) is 98.2 Å². The number of fused-ring (bicyclic) bond motifs is 5. The summed E-state index contributed by atoms with van der Waals surface area (Å²) < 4.78 is 6.94. The fourth-order valence-electron chi connectivity index (χ4n) is 9.07. The van der Waals surface area contributed by atoms with Crippen molar-refractivity contribution in [1.82, 2.24) is 9.78 Å². The molecule has 0 amide bonds. The summed E-state index contributed by atoms with van der Waals surface area (Å²) in [4.78, 5) is 23.9. The van der Waals surface area contributed by atoms with Gasteiger partial charge in [0, 0.05) is 19.6 Å². The van der Waals surface area contributed by atoms with Gasteiger partial charge in [0.15, 0.2) is 5.78 Å². The Morgan fingerprint density at radius 3 is 2.33 bits per heavy atom. The molecule has 224 valence electrons. The van der Waals surface area contributed by atoms with E-state index in [4.69, 9.17) is 4.74 Å². The Balaban J connectivity index is 0.000000833. The predicted octanol–water partition coefficient (Wildman–Crippen LogP) is 8.36. The third-order valence-electron chi connectivity index (χ3n) is 10.7. The van der Waals surface area contributed by atoms with Gasteiger partial charge in [-0.3, -0.25) is 19.6 Å². The minimum Gasteiger partial charge on any atom is -0.384 e. The van der Waals surface area contributed by atoms with Crippen LogP contribution >= 0.6 is 0 Å². The van der Waals surface area contributed by atoms with Crippen molar-refractivity contribution in [3.63, 3.8) is 0 Å². The van der Waals surface area contributed by atoms with Gasteiger partial charge in [-0.2, -0.15) is 5.10 Å². The number of nitro groups is 1. The number of nitrogens with zero attached hydrogens (tertiary/aromatic N) is 3. The number of ether oxygens (including phenoxy) is 1. The second-order valence-corrected chi connectivity index (χ2v) is 12.8. The topological polar surface area (TPSA) is 87.3 Å². The molecule has 0 N–H and O–H groups in total.